The highest BCUT2D eigenvalue weighted by molar-refractivity contribution is 7.26. The van der Waals surface area contributed by atoms with E-state index in [0.29, 0.717) is 0 Å². The molecule has 11 aromatic rings. The van der Waals surface area contributed by atoms with Gasteiger partial charge >= 0.3 is 0 Å². The fourth-order valence-electron chi connectivity index (χ4n) is 7.74. The molecule has 254 valence electrons. The van der Waals surface area contributed by atoms with Crippen molar-refractivity contribution in [2.24, 2.45) is 0 Å². The average Bonchev–Trinajstić information content (AvgIpc) is 3.95. The van der Waals surface area contributed by atoms with Crippen LogP contribution in [0.3, 0.4) is 0 Å². The van der Waals surface area contributed by atoms with Crippen LogP contribution in [0.1, 0.15) is 0 Å². The Kier molecular flexibility index (Phi) is 7.22. The van der Waals surface area contributed by atoms with Gasteiger partial charge in [0.2, 0.25) is 0 Å². The zero-order chi connectivity index (χ0) is 35.6. The van der Waals surface area contributed by atoms with Gasteiger partial charge in [-0.1, -0.05) is 115 Å². The zero-order valence-electron chi connectivity index (χ0n) is 28.9. The van der Waals surface area contributed by atoms with Gasteiger partial charge in [-0.15, -0.1) is 22.7 Å². The Morgan fingerprint density at radius 2 is 1.04 bits per heavy atom. The average molecular weight is 727 g/mol. The summed E-state index contributed by atoms with van der Waals surface area (Å²) in [6.45, 7) is 0. The molecule has 3 aromatic heterocycles. The smallest absolute Gasteiger partial charge is 0.137 e. The van der Waals surface area contributed by atoms with Gasteiger partial charge < -0.3 is 9.32 Å². The molecule has 0 radical (unpaired) electrons. The number of furan rings is 1. The molecule has 0 amide bonds. The van der Waals surface area contributed by atoms with Crippen molar-refractivity contribution in [1.29, 1.82) is 0 Å². The molecule has 0 aliphatic carbocycles. The molecular formula is C49H30N2OS2. The van der Waals surface area contributed by atoms with Crippen molar-refractivity contribution >= 4 is 92.1 Å². The molecule has 0 N–H and O–H groups in total. The molecule has 0 fully saturated rings. The second-order valence-corrected chi connectivity index (χ2v) is 15.6. The van der Waals surface area contributed by atoms with Gasteiger partial charge in [0.05, 0.1) is 21.3 Å². The van der Waals surface area contributed by atoms with Crippen molar-refractivity contribution in [3.05, 3.63) is 182 Å². The highest BCUT2D eigenvalue weighted by Gasteiger charge is 2.20. The number of aromatic nitrogens is 1. The van der Waals surface area contributed by atoms with Gasteiger partial charge in [0.1, 0.15) is 16.2 Å². The summed E-state index contributed by atoms with van der Waals surface area (Å²) in [6.07, 6.45) is 0. The third-order valence-corrected chi connectivity index (χ3v) is 12.5. The molecule has 11 rings (SSSR count). The Morgan fingerprint density at radius 1 is 0.407 bits per heavy atom. The Hall–Kier alpha value is -6.53. The summed E-state index contributed by atoms with van der Waals surface area (Å²) >= 11 is 3.57. The number of nitrogens with zero attached hydrogens (tertiary/aromatic N) is 2. The van der Waals surface area contributed by atoms with Gasteiger partial charge in [0, 0.05) is 42.5 Å². The lowest BCUT2D eigenvalue weighted by molar-refractivity contribution is 0.669. The van der Waals surface area contributed by atoms with Gasteiger partial charge in [0.25, 0.3) is 0 Å². The number of rotatable bonds is 6. The van der Waals surface area contributed by atoms with E-state index in [1.807, 2.05) is 17.4 Å². The molecule has 0 aliphatic heterocycles. The number of hydrogen-bond donors (Lipinski definition) is 0. The van der Waals surface area contributed by atoms with Gasteiger partial charge in [-0.25, -0.2) is 4.98 Å². The SMILES string of the molecule is c1ccc(-c2ccc(N(c3ccc(-c4ccc5c(c4)oc4ccc6sc(-c7ccccc7)nc6c45)cc3)c3cccc4sc5ccccc5c34)cc2)cc1. The molecule has 5 heteroatoms. The number of thiazole rings is 1. The summed E-state index contributed by atoms with van der Waals surface area (Å²) in [5.74, 6) is 0. The van der Waals surface area contributed by atoms with Crippen LogP contribution >= 0.6 is 22.7 Å². The predicted octanol–water partition coefficient (Wildman–Crippen LogP) is 15.0. The Labute approximate surface area is 319 Å². The number of benzene rings is 8. The standard InChI is InChI=1S/C49H30N2OS2/c1-3-10-31(11-4-1)32-18-23-36(24-19-32)51(40-15-9-17-44-46(40)39-14-7-8-16-43(39)53-44)37-25-20-33(21-26-37)35-22-27-38-42(30-35)52-41-28-29-45-48(47(38)41)50-49(54-45)34-12-5-2-6-13-34/h1-30H. The number of fused-ring (bicyclic) bond motifs is 8. The molecule has 3 heterocycles. The Balaban J connectivity index is 1.00. The number of anilines is 3. The highest BCUT2D eigenvalue weighted by Crippen LogP contribution is 2.46. The molecule has 0 spiro atoms. The lowest BCUT2D eigenvalue weighted by Crippen LogP contribution is -2.10. The molecule has 0 saturated heterocycles. The summed E-state index contributed by atoms with van der Waals surface area (Å²) in [6, 6.07) is 65.0. The molecule has 8 aromatic carbocycles. The third kappa shape index (κ3) is 5.12. The maximum absolute atomic E-state index is 6.48. The minimum Gasteiger partial charge on any atom is -0.456 e. The van der Waals surface area contributed by atoms with Crippen LogP contribution in [0.2, 0.25) is 0 Å². The minimum absolute atomic E-state index is 0.860. The maximum atomic E-state index is 6.48. The van der Waals surface area contributed by atoms with E-state index in [1.165, 1.54) is 31.3 Å². The number of hydrogen-bond acceptors (Lipinski definition) is 5. The second kappa shape index (κ2) is 12.6. The molecular weight excluding hydrogens is 697 g/mol. The van der Waals surface area contributed by atoms with Crippen molar-refractivity contribution in [2.45, 2.75) is 0 Å². The van der Waals surface area contributed by atoms with Crippen molar-refractivity contribution in [1.82, 2.24) is 4.98 Å². The van der Waals surface area contributed by atoms with E-state index in [-0.39, 0.29) is 0 Å². The molecule has 54 heavy (non-hydrogen) atoms. The second-order valence-electron chi connectivity index (χ2n) is 13.5. The largest absolute Gasteiger partial charge is 0.456 e. The van der Waals surface area contributed by atoms with Crippen LogP contribution in [0.5, 0.6) is 0 Å². The summed E-state index contributed by atoms with van der Waals surface area (Å²) in [4.78, 5) is 7.49. The zero-order valence-corrected chi connectivity index (χ0v) is 30.6. The lowest BCUT2D eigenvalue weighted by Gasteiger charge is -2.27. The van der Waals surface area contributed by atoms with Crippen LogP contribution in [0.25, 0.3) is 85.2 Å². The van der Waals surface area contributed by atoms with E-state index in [4.69, 9.17) is 9.40 Å². The van der Waals surface area contributed by atoms with E-state index in [9.17, 15) is 0 Å². The van der Waals surface area contributed by atoms with E-state index in [0.717, 1.165) is 70.9 Å². The maximum Gasteiger partial charge on any atom is 0.137 e. The first-order chi connectivity index (χ1) is 26.7. The number of thiophene rings is 1. The van der Waals surface area contributed by atoms with Crippen LogP contribution in [0, 0.1) is 0 Å². The minimum atomic E-state index is 0.860. The fourth-order valence-corrected chi connectivity index (χ4v) is 9.85. The molecule has 3 nitrogen and oxygen atoms in total. The molecule has 0 atom stereocenters. The van der Waals surface area contributed by atoms with Crippen LogP contribution in [-0.4, -0.2) is 4.98 Å². The Bertz CT molecular complexity index is 3140. The van der Waals surface area contributed by atoms with Gasteiger partial charge in [-0.3, -0.25) is 0 Å². The van der Waals surface area contributed by atoms with Crippen molar-refractivity contribution < 1.29 is 4.42 Å². The van der Waals surface area contributed by atoms with Crippen molar-refractivity contribution in [2.75, 3.05) is 4.90 Å². The summed E-state index contributed by atoms with van der Waals surface area (Å²) in [5, 5.41) is 5.73. The monoisotopic (exact) mass is 726 g/mol. The summed E-state index contributed by atoms with van der Waals surface area (Å²) in [5.41, 5.74) is 11.9. The topological polar surface area (TPSA) is 29.3 Å². The first kappa shape index (κ1) is 31.0. The molecule has 0 unspecified atom stereocenters. The van der Waals surface area contributed by atoms with Crippen molar-refractivity contribution in [3.63, 3.8) is 0 Å². The van der Waals surface area contributed by atoms with Gasteiger partial charge in [-0.2, -0.15) is 0 Å². The van der Waals surface area contributed by atoms with Gasteiger partial charge in [-0.05, 0) is 89.0 Å². The van der Waals surface area contributed by atoms with E-state index < -0.39 is 0 Å². The van der Waals surface area contributed by atoms with Crippen LogP contribution in [0.4, 0.5) is 17.1 Å². The first-order valence-corrected chi connectivity index (χ1v) is 19.7. The van der Waals surface area contributed by atoms with E-state index in [1.54, 1.807) is 11.3 Å². The normalized spacial score (nSPS) is 11.7. The van der Waals surface area contributed by atoms with E-state index in [2.05, 4.69) is 181 Å². The van der Waals surface area contributed by atoms with Crippen LogP contribution in [-0.2, 0) is 0 Å². The lowest BCUT2D eigenvalue weighted by atomic mass is 10.0. The fraction of sp³-hybridized carbons (Fsp3) is 0. The highest BCUT2D eigenvalue weighted by atomic mass is 32.1. The third-order valence-electron chi connectivity index (χ3n) is 10.3. The summed E-state index contributed by atoms with van der Waals surface area (Å²) < 4.78 is 10.2. The molecule has 0 saturated carbocycles. The van der Waals surface area contributed by atoms with E-state index >= 15 is 0 Å². The van der Waals surface area contributed by atoms with Crippen LogP contribution < -0.4 is 4.90 Å². The van der Waals surface area contributed by atoms with Crippen molar-refractivity contribution in [3.8, 4) is 32.8 Å². The molecule has 0 bridgehead atoms. The summed E-state index contributed by atoms with van der Waals surface area (Å²) in [7, 11) is 0. The Morgan fingerprint density at radius 3 is 1.80 bits per heavy atom. The first-order valence-electron chi connectivity index (χ1n) is 18.0. The molecule has 0 aliphatic rings. The van der Waals surface area contributed by atoms with Crippen LogP contribution in [0.15, 0.2) is 186 Å². The quantitative estimate of drug-likeness (QED) is 0.171. The predicted molar refractivity (Wildman–Crippen MR) is 231 cm³/mol. The van der Waals surface area contributed by atoms with Gasteiger partial charge in [0.15, 0.2) is 0 Å².